The summed E-state index contributed by atoms with van der Waals surface area (Å²) in [6, 6.07) is 2.45. The largest absolute Gasteiger partial charge is 0.371 e. The van der Waals surface area contributed by atoms with E-state index < -0.39 is 17.5 Å². The normalized spacial score (nSPS) is 22.0. The lowest BCUT2D eigenvalue weighted by molar-refractivity contribution is -0.114. The summed E-state index contributed by atoms with van der Waals surface area (Å²) in [5.41, 5.74) is 1.28. The Kier molecular flexibility index (Phi) is 2.06. The monoisotopic (exact) mass is 235 g/mol. The van der Waals surface area contributed by atoms with Crippen molar-refractivity contribution in [3.8, 4) is 0 Å². The van der Waals surface area contributed by atoms with Gasteiger partial charge in [0, 0.05) is 0 Å². The number of nitrogens with zero attached hydrogens (tertiary/aromatic N) is 1. The quantitative estimate of drug-likeness (QED) is 0.569. The summed E-state index contributed by atoms with van der Waals surface area (Å²) in [5.74, 6) is -1.72. The van der Waals surface area contributed by atoms with Crippen molar-refractivity contribution in [2.24, 2.45) is 0 Å². The Morgan fingerprint density at radius 3 is 2.82 bits per heavy atom. The third-order valence-corrected chi connectivity index (χ3v) is 3.01. The van der Waals surface area contributed by atoms with E-state index in [-0.39, 0.29) is 11.7 Å². The van der Waals surface area contributed by atoms with E-state index in [0.717, 1.165) is 6.07 Å². The summed E-state index contributed by atoms with van der Waals surface area (Å²) >= 11 is 0. The maximum Gasteiger partial charge on any atom is 0.299 e. The Labute approximate surface area is 97.0 Å². The topological polar surface area (TPSA) is 49.9 Å². The second kappa shape index (κ2) is 3.37. The van der Waals surface area contributed by atoms with Gasteiger partial charge in [-0.15, -0.1) is 0 Å². The first-order chi connectivity index (χ1) is 8.08. The molecule has 4 nitrogen and oxygen atoms in total. The molecule has 1 unspecified atom stereocenters. The molecule has 0 radical (unpaired) electrons. The Hall–Kier alpha value is -1.75. The third kappa shape index (κ3) is 1.54. The Balaban J connectivity index is 2.10. The number of carbonyl (C=O) groups excluding carboxylic acids is 2. The van der Waals surface area contributed by atoms with E-state index in [9.17, 15) is 14.0 Å². The molecule has 88 valence electrons. The van der Waals surface area contributed by atoms with Crippen LogP contribution in [0.15, 0.2) is 12.1 Å². The van der Waals surface area contributed by atoms with Crippen molar-refractivity contribution >= 4 is 17.4 Å². The number of hydrogen-bond acceptors (Lipinski definition) is 3. The second-order valence-corrected chi connectivity index (χ2v) is 4.32. The number of hydrogen-bond donors (Lipinski definition) is 0. The molecule has 1 amide bonds. The molecule has 0 spiro atoms. The number of ether oxygens (including phenoxy) is 1. The van der Waals surface area contributed by atoms with Crippen molar-refractivity contribution in [1.29, 1.82) is 0 Å². The highest BCUT2D eigenvalue weighted by Crippen LogP contribution is 2.34. The van der Waals surface area contributed by atoms with Gasteiger partial charge in [0.1, 0.15) is 5.82 Å². The lowest BCUT2D eigenvalue weighted by Crippen LogP contribution is -2.33. The smallest absolute Gasteiger partial charge is 0.299 e. The van der Waals surface area contributed by atoms with Gasteiger partial charge in [0.25, 0.3) is 11.7 Å². The molecule has 2 heterocycles. The van der Waals surface area contributed by atoms with Gasteiger partial charge >= 0.3 is 0 Å². The van der Waals surface area contributed by atoms with E-state index in [1.54, 1.807) is 6.92 Å². The fourth-order valence-corrected chi connectivity index (χ4v) is 2.16. The number of amides is 1. The summed E-state index contributed by atoms with van der Waals surface area (Å²) in [6.45, 7) is 2.66. The number of epoxide rings is 1. The van der Waals surface area contributed by atoms with Gasteiger partial charge in [-0.3, -0.25) is 9.59 Å². The van der Waals surface area contributed by atoms with Crippen molar-refractivity contribution < 1.29 is 18.7 Å². The minimum absolute atomic E-state index is 0.00199. The SMILES string of the molecule is Cc1cc(F)cc2c1N(CC1CO1)C(=O)C2=O. The standard InChI is InChI=1S/C12H10FNO3/c1-6-2-7(13)3-9-10(6)14(4-8-5-17-8)12(16)11(9)15/h2-3,8H,4-5H2,1H3. The third-order valence-electron chi connectivity index (χ3n) is 3.01. The summed E-state index contributed by atoms with van der Waals surface area (Å²) in [5, 5.41) is 0. The fraction of sp³-hybridized carbons (Fsp3) is 0.333. The van der Waals surface area contributed by atoms with E-state index >= 15 is 0 Å². The minimum Gasteiger partial charge on any atom is -0.371 e. The van der Waals surface area contributed by atoms with Crippen molar-refractivity contribution in [3.63, 3.8) is 0 Å². The Bertz CT molecular complexity index is 537. The first kappa shape index (κ1) is 10.4. The van der Waals surface area contributed by atoms with Crippen LogP contribution in [-0.2, 0) is 9.53 Å². The first-order valence-electron chi connectivity index (χ1n) is 5.36. The molecule has 1 aromatic rings. The highest BCUT2D eigenvalue weighted by molar-refractivity contribution is 6.52. The van der Waals surface area contributed by atoms with Crippen LogP contribution in [0.3, 0.4) is 0 Å². The number of halogens is 1. The molecular formula is C12H10FNO3. The number of ketones is 1. The van der Waals surface area contributed by atoms with Gasteiger partial charge in [0.15, 0.2) is 0 Å². The first-order valence-corrected chi connectivity index (χ1v) is 5.36. The molecule has 0 aliphatic carbocycles. The van der Waals surface area contributed by atoms with E-state index in [2.05, 4.69) is 0 Å². The second-order valence-electron chi connectivity index (χ2n) is 4.32. The molecule has 0 saturated carbocycles. The van der Waals surface area contributed by atoms with Crippen LogP contribution in [-0.4, -0.2) is 30.9 Å². The number of Topliss-reactive ketones (excluding diaryl/α,β-unsaturated/α-hetero) is 1. The highest BCUT2D eigenvalue weighted by atomic mass is 19.1. The average molecular weight is 235 g/mol. The van der Waals surface area contributed by atoms with Crippen molar-refractivity contribution in [2.45, 2.75) is 13.0 Å². The Morgan fingerprint density at radius 2 is 2.18 bits per heavy atom. The van der Waals surface area contributed by atoms with Crippen LogP contribution in [0.4, 0.5) is 10.1 Å². The zero-order valence-corrected chi connectivity index (χ0v) is 9.20. The molecule has 2 aliphatic rings. The summed E-state index contributed by atoms with van der Waals surface area (Å²) in [7, 11) is 0. The zero-order valence-electron chi connectivity index (χ0n) is 9.20. The van der Waals surface area contributed by atoms with Crippen LogP contribution in [0.1, 0.15) is 15.9 Å². The van der Waals surface area contributed by atoms with Crippen LogP contribution >= 0.6 is 0 Å². The lowest BCUT2D eigenvalue weighted by Gasteiger charge is -2.17. The van der Waals surface area contributed by atoms with Gasteiger partial charge in [-0.05, 0) is 24.6 Å². The van der Waals surface area contributed by atoms with Gasteiger partial charge in [-0.2, -0.15) is 0 Å². The minimum atomic E-state index is -0.636. The predicted octanol–water partition coefficient (Wildman–Crippen LogP) is 1.06. The molecule has 17 heavy (non-hydrogen) atoms. The van der Waals surface area contributed by atoms with Crippen LogP contribution in [0.5, 0.6) is 0 Å². The van der Waals surface area contributed by atoms with Crippen molar-refractivity contribution in [1.82, 2.24) is 0 Å². The van der Waals surface area contributed by atoms with E-state index in [4.69, 9.17) is 4.74 Å². The summed E-state index contributed by atoms with van der Waals surface area (Å²) < 4.78 is 18.3. The van der Waals surface area contributed by atoms with Crippen molar-refractivity contribution in [2.75, 3.05) is 18.1 Å². The molecule has 1 saturated heterocycles. The molecule has 5 heteroatoms. The number of fused-ring (bicyclic) bond motifs is 1. The van der Waals surface area contributed by atoms with Crippen LogP contribution in [0.2, 0.25) is 0 Å². The molecular weight excluding hydrogens is 225 g/mol. The molecule has 1 fully saturated rings. The van der Waals surface area contributed by atoms with E-state index in [1.807, 2.05) is 0 Å². The van der Waals surface area contributed by atoms with Gasteiger partial charge in [0.2, 0.25) is 0 Å². The maximum atomic E-state index is 13.2. The average Bonchev–Trinajstić information content (AvgIpc) is 3.04. The van der Waals surface area contributed by atoms with Gasteiger partial charge in [-0.25, -0.2) is 4.39 Å². The fourth-order valence-electron chi connectivity index (χ4n) is 2.16. The van der Waals surface area contributed by atoms with Gasteiger partial charge in [-0.1, -0.05) is 0 Å². The number of benzene rings is 1. The molecule has 1 atom stereocenters. The Morgan fingerprint density at radius 1 is 1.47 bits per heavy atom. The van der Waals surface area contributed by atoms with Crippen LogP contribution in [0.25, 0.3) is 0 Å². The van der Waals surface area contributed by atoms with Crippen LogP contribution < -0.4 is 4.90 Å². The molecule has 0 N–H and O–H groups in total. The van der Waals surface area contributed by atoms with Crippen molar-refractivity contribution in [3.05, 3.63) is 29.1 Å². The lowest BCUT2D eigenvalue weighted by atomic mass is 10.1. The van der Waals surface area contributed by atoms with Crippen LogP contribution in [0, 0.1) is 12.7 Å². The number of carbonyl (C=O) groups is 2. The predicted molar refractivity (Wildman–Crippen MR) is 57.6 cm³/mol. The molecule has 3 rings (SSSR count). The number of aryl methyl sites for hydroxylation is 1. The zero-order chi connectivity index (χ0) is 12.2. The van der Waals surface area contributed by atoms with Gasteiger partial charge < -0.3 is 9.64 Å². The molecule has 0 bridgehead atoms. The number of anilines is 1. The molecule has 1 aromatic carbocycles. The molecule has 2 aliphatic heterocycles. The molecule has 0 aromatic heterocycles. The maximum absolute atomic E-state index is 13.2. The highest BCUT2D eigenvalue weighted by Gasteiger charge is 2.40. The van der Waals surface area contributed by atoms with E-state index in [1.165, 1.54) is 11.0 Å². The van der Waals surface area contributed by atoms with E-state index in [0.29, 0.717) is 24.4 Å². The summed E-state index contributed by atoms with van der Waals surface area (Å²) in [4.78, 5) is 24.9. The summed E-state index contributed by atoms with van der Waals surface area (Å²) in [6.07, 6.45) is 0.00199. The van der Waals surface area contributed by atoms with Gasteiger partial charge in [0.05, 0.1) is 30.5 Å². The number of rotatable bonds is 2.